The summed E-state index contributed by atoms with van der Waals surface area (Å²) in [5.41, 5.74) is 2.54. The number of piperazine rings is 1. The standard InChI is InChI=1S/C17H23N3S/c1-2-16(20-10-8-18-9-11-20)17-19-15(13-21-17)12-14-6-4-3-5-7-14/h3-7,13,16,18H,2,8-12H2,1H3. The van der Waals surface area contributed by atoms with Gasteiger partial charge in [0.25, 0.3) is 0 Å². The summed E-state index contributed by atoms with van der Waals surface area (Å²) in [6.07, 6.45) is 2.08. The van der Waals surface area contributed by atoms with Crippen molar-refractivity contribution in [3.63, 3.8) is 0 Å². The molecular formula is C17H23N3S. The van der Waals surface area contributed by atoms with E-state index in [0.717, 1.165) is 39.0 Å². The van der Waals surface area contributed by atoms with Gasteiger partial charge >= 0.3 is 0 Å². The summed E-state index contributed by atoms with van der Waals surface area (Å²) < 4.78 is 0. The Balaban J connectivity index is 1.70. The van der Waals surface area contributed by atoms with Gasteiger partial charge in [-0.2, -0.15) is 0 Å². The summed E-state index contributed by atoms with van der Waals surface area (Å²) in [7, 11) is 0. The number of nitrogens with zero attached hydrogens (tertiary/aromatic N) is 2. The summed E-state index contributed by atoms with van der Waals surface area (Å²) in [5, 5.41) is 6.94. The Labute approximate surface area is 131 Å². The molecule has 1 N–H and O–H groups in total. The Morgan fingerprint density at radius 3 is 2.71 bits per heavy atom. The third kappa shape index (κ3) is 3.70. The highest BCUT2D eigenvalue weighted by Crippen LogP contribution is 2.28. The monoisotopic (exact) mass is 301 g/mol. The van der Waals surface area contributed by atoms with Crippen molar-refractivity contribution in [1.29, 1.82) is 0 Å². The Bertz CT molecular complexity index is 546. The number of hydrogen-bond acceptors (Lipinski definition) is 4. The second-order valence-electron chi connectivity index (χ2n) is 5.55. The van der Waals surface area contributed by atoms with Gasteiger partial charge in [-0.1, -0.05) is 37.3 Å². The van der Waals surface area contributed by atoms with E-state index in [1.807, 2.05) is 11.3 Å². The lowest BCUT2D eigenvalue weighted by atomic mass is 10.1. The molecule has 2 heterocycles. The van der Waals surface area contributed by atoms with Crippen molar-refractivity contribution in [3.8, 4) is 0 Å². The molecule has 112 valence electrons. The van der Waals surface area contributed by atoms with Gasteiger partial charge in [-0.15, -0.1) is 11.3 Å². The van der Waals surface area contributed by atoms with Crippen molar-refractivity contribution in [2.75, 3.05) is 26.2 Å². The summed E-state index contributed by atoms with van der Waals surface area (Å²) in [5.74, 6) is 0. The smallest absolute Gasteiger partial charge is 0.110 e. The number of thiazole rings is 1. The maximum atomic E-state index is 4.91. The molecule has 1 fully saturated rings. The van der Waals surface area contributed by atoms with Gasteiger partial charge in [0.15, 0.2) is 0 Å². The molecule has 1 atom stereocenters. The molecule has 0 spiro atoms. The number of nitrogens with one attached hydrogen (secondary N) is 1. The van der Waals surface area contributed by atoms with Crippen molar-refractivity contribution in [2.45, 2.75) is 25.8 Å². The molecule has 1 saturated heterocycles. The lowest BCUT2D eigenvalue weighted by molar-refractivity contribution is 0.169. The average Bonchev–Trinajstić information content (AvgIpc) is 2.98. The van der Waals surface area contributed by atoms with E-state index in [4.69, 9.17) is 4.98 Å². The topological polar surface area (TPSA) is 28.2 Å². The quantitative estimate of drug-likeness (QED) is 0.920. The fourth-order valence-corrected chi connectivity index (χ4v) is 3.98. The van der Waals surface area contributed by atoms with Crippen LogP contribution < -0.4 is 5.32 Å². The van der Waals surface area contributed by atoms with Crippen LogP contribution in [0.5, 0.6) is 0 Å². The van der Waals surface area contributed by atoms with Gasteiger partial charge in [-0.25, -0.2) is 4.98 Å². The molecule has 3 nitrogen and oxygen atoms in total. The van der Waals surface area contributed by atoms with Crippen LogP contribution in [0, 0.1) is 0 Å². The summed E-state index contributed by atoms with van der Waals surface area (Å²) in [6, 6.07) is 11.1. The molecule has 2 aromatic rings. The van der Waals surface area contributed by atoms with Gasteiger partial charge in [0, 0.05) is 38.0 Å². The highest BCUT2D eigenvalue weighted by atomic mass is 32.1. The number of aromatic nitrogens is 1. The molecule has 1 aromatic heterocycles. The number of benzene rings is 1. The predicted molar refractivity (Wildman–Crippen MR) is 88.8 cm³/mol. The third-order valence-electron chi connectivity index (χ3n) is 4.06. The highest BCUT2D eigenvalue weighted by Gasteiger charge is 2.23. The van der Waals surface area contributed by atoms with Crippen molar-refractivity contribution < 1.29 is 0 Å². The van der Waals surface area contributed by atoms with E-state index < -0.39 is 0 Å². The van der Waals surface area contributed by atoms with Crippen LogP contribution in [0.2, 0.25) is 0 Å². The largest absolute Gasteiger partial charge is 0.314 e. The molecule has 0 bridgehead atoms. The van der Waals surface area contributed by atoms with Gasteiger partial charge in [-0.3, -0.25) is 4.90 Å². The predicted octanol–water partition coefficient (Wildman–Crippen LogP) is 3.09. The lowest BCUT2D eigenvalue weighted by Crippen LogP contribution is -2.45. The molecule has 0 saturated carbocycles. The first-order valence-electron chi connectivity index (χ1n) is 7.80. The van der Waals surface area contributed by atoms with E-state index in [2.05, 4.69) is 52.9 Å². The normalized spacial score (nSPS) is 17.8. The first-order chi connectivity index (χ1) is 10.4. The zero-order chi connectivity index (χ0) is 14.5. The fraction of sp³-hybridized carbons (Fsp3) is 0.471. The minimum atomic E-state index is 0.488. The molecule has 1 aromatic carbocycles. The van der Waals surface area contributed by atoms with Crippen molar-refractivity contribution >= 4 is 11.3 Å². The minimum absolute atomic E-state index is 0.488. The van der Waals surface area contributed by atoms with Crippen molar-refractivity contribution in [2.24, 2.45) is 0 Å². The Morgan fingerprint density at radius 1 is 1.24 bits per heavy atom. The second kappa shape index (κ2) is 7.16. The summed E-state index contributed by atoms with van der Waals surface area (Å²) in [4.78, 5) is 7.48. The molecule has 0 amide bonds. The van der Waals surface area contributed by atoms with Gasteiger partial charge in [0.2, 0.25) is 0 Å². The molecule has 0 radical (unpaired) electrons. The zero-order valence-electron chi connectivity index (χ0n) is 12.6. The molecule has 0 aliphatic carbocycles. The molecule has 1 unspecified atom stereocenters. The van der Waals surface area contributed by atoms with Crippen LogP contribution in [0.4, 0.5) is 0 Å². The van der Waals surface area contributed by atoms with Crippen molar-refractivity contribution in [3.05, 3.63) is 52.0 Å². The van der Waals surface area contributed by atoms with Gasteiger partial charge in [0.05, 0.1) is 11.7 Å². The summed E-state index contributed by atoms with van der Waals surface area (Å²) in [6.45, 7) is 6.72. The third-order valence-corrected chi connectivity index (χ3v) is 5.06. The molecule has 21 heavy (non-hydrogen) atoms. The molecule has 4 heteroatoms. The van der Waals surface area contributed by atoms with Crippen LogP contribution in [0.25, 0.3) is 0 Å². The van der Waals surface area contributed by atoms with Gasteiger partial charge in [0.1, 0.15) is 5.01 Å². The second-order valence-corrected chi connectivity index (χ2v) is 6.44. The highest BCUT2D eigenvalue weighted by molar-refractivity contribution is 7.09. The average molecular weight is 301 g/mol. The van der Waals surface area contributed by atoms with E-state index in [0.29, 0.717) is 6.04 Å². The molecule has 3 rings (SSSR count). The van der Waals surface area contributed by atoms with Crippen LogP contribution in [0.15, 0.2) is 35.7 Å². The first kappa shape index (κ1) is 14.7. The number of rotatable bonds is 5. The van der Waals surface area contributed by atoms with Crippen LogP contribution in [-0.2, 0) is 6.42 Å². The van der Waals surface area contributed by atoms with E-state index in [9.17, 15) is 0 Å². The van der Waals surface area contributed by atoms with Crippen LogP contribution in [0.1, 0.15) is 35.7 Å². The molecule has 1 aliphatic rings. The Hall–Kier alpha value is -1.23. The minimum Gasteiger partial charge on any atom is -0.314 e. The van der Waals surface area contributed by atoms with Gasteiger partial charge < -0.3 is 5.32 Å². The fourth-order valence-electron chi connectivity index (χ4n) is 2.94. The molecule has 1 aliphatic heterocycles. The van der Waals surface area contributed by atoms with Gasteiger partial charge in [-0.05, 0) is 12.0 Å². The Morgan fingerprint density at radius 2 is 2.00 bits per heavy atom. The van der Waals surface area contributed by atoms with E-state index >= 15 is 0 Å². The van der Waals surface area contributed by atoms with Crippen LogP contribution >= 0.6 is 11.3 Å². The zero-order valence-corrected chi connectivity index (χ0v) is 13.4. The van der Waals surface area contributed by atoms with E-state index in [1.54, 1.807) is 0 Å². The Kier molecular flexibility index (Phi) is 5.01. The molecular weight excluding hydrogens is 278 g/mol. The first-order valence-corrected chi connectivity index (χ1v) is 8.67. The SMILES string of the molecule is CCC(c1nc(Cc2ccccc2)cs1)N1CCNCC1. The van der Waals surface area contributed by atoms with E-state index in [-0.39, 0.29) is 0 Å². The van der Waals surface area contributed by atoms with Crippen molar-refractivity contribution in [1.82, 2.24) is 15.2 Å². The van der Waals surface area contributed by atoms with E-state index in [1.165, 1.54) is 16.3 Å². The summed E-state index contributed by atoms with van der Waals surface area (Å²) >= 11 is 1.82. The maximum Gasteiger partial charge on any atom is 0.110 e. The van der Waals surface area contributed by atoms with Crippen LogP contribution in [-0.4, -0.2) is 36.1 Å². The number of hydrogen-bond donors (Lipinski definition) is 1. The maximum absolute atomic E-state index is 4.91. The lowest BCUT2D eigenvalue weighted by Gasteiger charge is -2.33. The van der Waals surface area contributed by atoms with Crippen LogP contribution in [0.3, 0.4) is 0 Å².